The van der Waals surface area contributed by atoms with Crippen molar-refractivity contribution in [1.29, 1.82) is 0 Å². The Balaban J connectivity index is 2.12. The minimum atomic E-state index is -6.47. The molecule has 13 heteroatoms. The predicted octanol–water partition coefficient (Wildman–Crippen LogP) is 3.74. The van der Waals surface area contributed by atoms with Gasteiger partial charge in [0.1, 0.15) is 4.70 Å². The zero-order valence-corrected chi connectivity index (χ0v) is 11.6. The molecule has 0 saturated heterocycles. The van der Waals surface area contributed by atoms with Gasteiger partial charge in [0.15, 0.2) is 11.4 Å². The number of aromatic nitrogens is 2. The van der Waals surface area contributed by atoms with Crippen LogP contribution >= 0.6 is 22.9 Å². The van der Waals surface area contributed by atoms with Gasteiger partial charge in [0.2, 0.25) is 0 Å². The Morgan fingerprint density at radius 2 is 1.82 bits per heavy atom. The van der Waals surface area contributed by atoms with E-state index in [1.54, 1.807) is 0 Å². The number of rotatable bonds is 4. The standard InChI is InChI=1S/C9H3F7N2O2S2/c10-7(11,8(12,13)9(14,15)16)2-20-6(19)3-1-21-5-4(3)22-18-17-5/h1H,2H2. The van der Waals surface area contributed by atoms with Gasteiger partial charge in [-0.3, -0.25) is 0 Å². The Morgan fingerprint density at radius 3 is 2.41 bits per heavy atom. The number of esters is 1. The topological polar surface area (TPSA) is 52.1 Å². The number of alkyl halides is 7. The third-order valence-electron chi connectivity index (χ3n) is 2.41. The van der Waals surface area contributed by atoms with Gasteiger partial charge >= 0.3 is 24.0 Å². The molecule has 0 bridgehead atoms. The maximum absolute atomic E-state index is 13.0. The summed E-state index contributed by atoms with van der Waals surface area (Å²) in [4.78, 5) is 11.8. The van der Waals surface area contributed by atoms with Crippen molar-refractivity contribution in [2.24, 2.45) is 0 Å². The molecule has 0 aliphatic carbocycles. The highest BCUT2D eigenvalue weighted by Gasteiger charge is 2.73. The van der Waals surface area contributed by atoms with Crippen molar-refractivity contribution >= 4 is 38.4 Å². The van der Waals surface area contributed by atoms with Crippen LogP contribution in [0.5, 0.6) is 0 Å². The van der Waals surface area contributed by atoms with Crippen LogP contribution in [0.1, 0.15) is 10.4 Å². The van der Waals surface area contributed by atoms with Gasteiger partial charge in [0, 0.05) is 5.38 Å². The number of hydrogen-bond acceptors (Lipinski definition) is 6. The molecule has 0 atom stereocenters. The first-order valence-corrected chi connectivity index (χ1v) is 6.82. The van der Waals surface area contributed by atoms with E-state index in [-0.39, 0.29) is 15.1 Å². The second-order valence-electron chi connectivity index (χ2n) is 3.91. The van der Waals surface area contributed by atoms with Crippen LogP contribution in [0.25, 0.3) is 9.53 Å². The van der Waals surface area contributed by atoms with Crippen LogP contribution in [0.3, 0.4) is 0 Å². The quantitative estimate of drug-likeness (QED) is 0.609. The Labute approximate surface area is 124 Å². The van der Waals surface area contributed by atoms with Crippen LogP contribution in [0.15, 0.2) is 5.38 Å². The number of thiophene rings is 1. The highest BCUT2D eigenvalue weighted by Crippen LogP contribution is 2.46. The average Bonchev–Trinajstić information content (AvgIpc) is 2.96. The molecule has 0 aliphatic rings. The molecule has 2 aromatic heterocycles. The van der Waals surface area contributed by atoms with Crippen molar-refractivity contribution in [1.82, 2.24) is 9.59 Å². The van der Waals surface area contributed by atoms with Gasteiger partial charge in [-0.2, -0.15) is 30.7 Å². The third-order valence-corrected chi connectivity index (χ3v) is 4.16. The molecular weight excluding hydrogens is 365 g/mol. The van der Waals surface area contributed by atoms with E-state index in [0.29, 0.717) is 0 Å². The van der Waals surface area contributed by atoms with Crippen LogP contribution in [0.2, 0.25) is 0 Å². The summed E-state index contributed by atoms with van der Waals surface area (Å²) in [6, 6.07) is 0. The number of carbonyl (C=O) groups excluding carboxylic acids is 1. The fourth-order valence-corrected chi connectivity index (χ4v) is 2.96. The number of halogens is 7. The molecule has 0 saturated carbocycles. The summed E-state index contributed by atoms with van der Waals surface area (Å²) in [5.74, 6) is -13.4. The molecule has 0 aromatic carbocycles. The van der Waals surface area contributed by atoms with E-state index >= 15 is 0 Å². The van der Waals surface area contributed by atoms with Crippen molar-refractivity contribution in [3.8, 4) is 0 Å². The molecule has 2 heterocycles. The van der Waals surface area contributed by atoms with Gasteiger partial charge in [-0.1, -0.05) is 4.49 Å². The molecular formula is C9H3F7N2O2S2. The molecule has 0 N–H and O–H groups in total. The Bertz CT molecular complexity index is 693. The lowest BCUT2D eigenvalue weighted by Gasteiger charge is -2.27. The first-order chi connectivity index (χ1) is 9.97. The fraction of sp³-hybridized carbons (Fsp3) is 0.444. The van der Waals surface area contributed by atoms with Crippen molar-refractivity contribution in [3.63, 3.8) is 0 Å². The fourth-order valence-electron chi connectivity index (χ4n) is 1.27. The first-order valence-electron chi connectivity index (χ1n) is 5.16. The van der Waals surface area contributed by atoms with Crippen molar-refractivity contribution in [2.45, 2.75) is 18.0 Å². The number of fused-ring (bicyclic) bond motifs is 1. The summed E-state index contributed by atoms with van der Waals surface area (Å²) < 4.78 is 94.5. The van der Waals surface area contributed by atoms with Crippen molar-refractivity contribution in [3.05, 3.63) is 10.9 Å². The zero-order chi connectivity index (χ0) is 16.8. The molecule has 122 valence electrons. The van der Waals surface area contributed by atoms with Gasteiger partial charge in [0.25, 0.3) is 0 Å². The van der Waals surface area contributed by atoms with E-state index in [9.17, 15) is 35.5 Å². The predicted molar refractivity (Wildman–Crippen MR) is 61.5 cm³/mol. The molecule has 0 unspecified atom stereocenters. The molecule has 22 heavy (non-hydrogen) atoms. The Morgan fingerprint density at radius 1 is 1.18 bits per heavy atom. The summed E-state index contributed by atoms with van der Waals surface area (Å²) in [5, 5.41) is 4.72. The number of ether oxygens (including phenoxy) is 1. The number of nitrogens with zero attached hydrogens (tertiary/aromatic N) is 2. The van der Waals surface area contributed by atoms with E-state index in [4.69, 9.17) is 0 Å². The monoisotopic (exact) mass is 368 g/mol. The van der Waals surface area contributed by atoms with Crippen molar-refractivity contribution < 1.29 is 40.3 Å². The summed E-state index contributed by atoms with van der Waals surface area (Å²) in [5.41, 5.74) is -0.277. The van der Waals surface area contributed by atoms with Gasteiger partial charge < -0.3 is 4.74 Å². The normalized spacial score (nSPS) is 13.6. The van der Waals surface area contributed by atoms with Crippen LogP contribution in [-0.4, -0.2) is 40.2 Å². The highest BCUT2D eigenvalue weighted by molar-refractivity contribution is 7.24. The average molecular weight is 368 g/mol. The largest absolute Gasteiger partial charge is 0.460 e. The molecule has 0 fully saturated rings. The molecule has 0 radical (unpaired) electrons. The Kier molecular flexibility index (Phi) is 4.06. The molecule has 4 nitrogen and oxygen atoms in total. The van der Waals surface area contributed by atoms with E-state index in [1.807, 2.05) is 0 Å². The highest BCUT2D eigenvalue weighted by atomic mass is 32.1. The Hall–Kier alpha value is -1.50. The minimum Gasteiger partial charge on any atom is -0.455 e. The number of hydrogen-bond donors (Lipinski definition) is 0. The van der Waals surface area contributed by atoms with Crippen LogP contribution in [-0.2, 0) is 4.74 Å². The van der Waals surface area contributed by atoms with E-state index in [0.717, 1.165) is 28.2 Å². The summed E-state index contributed by atoms with van der Waals surface area (Å²) in [6.45, 7) is -2.41. The van der Waals surface area contributed by atoms with E-state index in [2.05, 4.69) is 14.3 Å². The summed E-state index contributed by atoms with van der Waals surface area (Å²) >= 11 is 1.64. The summed E-state index contributed by atoms with van der Waals surface area (Å²) in [7, 11) is 0. The lowest BCUT2D eigenvalue weighted by Crippen LogP contribution is -2.54. The van der Waals surface area contributed by atoms with Gasteiger partial charge in [-0.05, 0) is 11.5 Å². The first kappa shape index (κ1) is 16.9. The van der Waals surface area contributed by atoms with Crippen LogP contribution < -0.4 is 0 Å². The maximum Gasteiger partial charge on any atom is 0.460 e. The molecule has 0 spiro atoms. The van der Waals surface area contributed by atoms with Crippen LogP contribution in [0, 0.1) is 0 Å². The van der Waals surface area contributed by atoms with Gasteiger partial charge in [0.05, 0.1) is 5.56 Å². The molecule has 0 amide bonds. The molecule has 0 aliphatic heterocycles. The third kappa shape index (κ3) is 2.74. The maximum atomic E-state index is 13.0. The number of carbonyl (C=O) groups is 1. The van der Waals surface area contributed by atoms with E-state index in [1.165, 1.54) is 0 Å². The second kappa shape index (κ2) is 5.30. The zero-order valence-electron chi connectivity index (χ0n) is 9.96. The van der Waals surface area contributed by atoms with Gasteiger partial charge in [-0.15, -0.1) is 16.4 Å². The molecule has 2 rings (SSSR count). The lowest BCUT2D eigenvalue weighted by atomic mass is 10.2. The lowest BCUT2D eigenvalue weighted by molar-refractivity contribution is -0.359. The van der Waals surface area contributed by atoms with Crippen LogP contribution in [0.4, 0.5) is 30.7 Å². The minimum absolute atomic E-state index is 0.167. The SMILES string of the molecule is O=C(OCC(F)(F)C(F)(F)C(F)(F)F)c1csc2nnsc12. The summed E-state index contributed by atoms with van der Waals surface area (Å²) in [6.07, 6.45) is -6.47. The van der Waals surface area contributed by atoms with E-state index < -0.39 is 30.6 Å². The molecule has 2 aromatic rings. The van der Waals surface area contributed by atoms with Crippen molar-refractivity contribution in [2.75, 3.05) is 6.61 Å². The van der Waals surface area contributed by atoms with Gasteiger partial charge in [-0.25, -0.2) is 4.79 Å². The smallest absolute Gasteiger partial charge is 0.455 e. The second-order valence-corrected chi connectivity index (χ2v) is 5.52.